The van der Waals surface area contributed by atoms with Crippen LogP contribution in [0.15, 0.2) is 30.3 Å². The molecule has 0 heterocycles. The minimum atomic E-state index is -3.50. The molecule has 1 atom stereocenters. The summed E-state index contributed by atoms with van der Waals surface area (Å²) in [7, 11) is 0.765. The van der Waals surface area contributed by atoms with Crippen molar-refractivity contribution in [2.75, 3.05) is 22.6 Å². The summed E-state index contributed by atoms with van der Waals surface area (Å²) >= 11 is 17.7. The molecule has 1 aliphatic carbocycles. The van der Waals surface area contributed by atoms with Gasteiger partial charge in [-0.2, -0.15) is 8.78 Å². The predicted molar refractivity (Wildman–Crippen MR) is 116 cm³/mol. The quantitative estimate of drug-likeness (QED) is 0.400. The molecular weight excluding hydrogens is 513 g/mol. The van der Waals surface area contributed by atoms with E-state index >= 15 is 0 Å². The van der Waals surface area contributed by atoms with Crippen LogP contribution in [0.4, 0.5) is 34.6 Å². The van der Waals surface area contributed by atoms with Gasteiger partial charge in [0, 0.05) is 12.7 Å². The van der Waals surface area contributed by atoms with Gasteiger partial charge in [-0.05, 0) is 36.8 Å². The fourth-order valence-electron chi connectivity index (χ4n) is 2.90. The molecule has 2 aromatic carbocycles. The number of anilines is 3. The average Bonchev–Trinajstić information content (AvgIpc) is 3.39. The van der Waals surface area contributed by atoms with Crippen LogP contribution in [0.5, 0.6) is 0 Å². The predicted octanol–water partition coefficient (Wildman–Crippen LogP) is 5.23. The monoisotopic (exact) mass is 525 g/mol. The zero-order chi connectivity index (χ0) is 24.7. The number of hydrogen-bond donors (Lipinski definition) is 2. The Morgan fingerprint density at radius 2 is 1.76 bits per heavy atom. The third-order valence-electron chi connectivity index (χ3n) is 4.79. The number of alkyl halides is 4. The van der Waals surface area contributed by atoms with E-state index in [1.54, 1.807) is 0 Å². The average molecular weight is 527 g/mol. The molecule has 13 heteroatoms. The van der Waals surface area contributed by atoms with Crippen molar-refractivity contribution in [3.8, 4) is 0 Å². The molecule has 176 valence electrons. The summed E-state index contributed by atoms with van der Waals surface area (Å²) in [4.78, 5) is 36.4. The van der Waals surface area contributed by atoms with Crippen LogP contribution in [0.3, 0.4) is 0 Å². The summed E-state index contributed by atoms with van der Waals surface area (Å²) in [6.07, 6.45) is -3.24. The largest absolute Gasteiger partial charge is 0.326 e. The van der Waals surface area contributed by atoms with Gasteiger partial charge in [-0.1, -0.05) is 11.6 Å². The molecule has 0 aliphatic heterocycles. The van der Waals surface area contributed by atoms with Crippen LogP contribution in [0.2, 0.25) is 5.02 Å². The number of carbonyl (C=O) groups excluding carboxylic acids is 3. The number of rotatable bonds is 6. The maximum Gasteiger partial charge on any atom is 0.316 e. The Balaban J connectivity index is 1.83. The van der Waals surface area contributed by atoms with Gasteiger partial charge in [-0.25, -0.2) is 8.78 Å². The molecule has 1 saturated carbocycles. The Kier molecular flexibility index (Phi) is 7.11. The Hall–Kier alpha value is -2.56. The standard InChI is InChI=1S/C20H14Cl3F4N3O3/c1-30(19(33)16(26)27)15-12(24)4-5-13(14(15)25)29-17(31)9-6-8(2-3-11(9)21)28-18(32)10-7-20(10,22)23/h2-6,10,16H,7H2,1H3,(H,28,32)(H,29,31)/t10-/m1/s1. The summed E-state index contributed by atoms with van der Waals surface area (Å²) in [6.45, 7) is 0. The number of nitrogens with zero attached hydrogens (tertiary/aromatic N) is 1. The van der Waals surface area contributed by atoms with E-state index in [0.29, 0.717) is 6.07 Å². The third-order valence-corrected chi connectivity index (χ3v) is 5.95. The topological polar surface area (TPSA) is 78.5 Å². The smallest absolute Gasteiger partial charge is 0.316 e. The maximum atomic E-state index is 14.8. The number of hydrogen-bond acceptors (Lipinski definition) is 3. The van der Waals surface area contributed by atoms with Gasteiger partial charge in [0.15, 0.2) is 5.82 Å². The minimum Gasteiger partial charge on any atom is -0.326 e. The lowest BCUT2D eigenvalue weighted by Crippen LogP contribution is -2.33. The zero-order valence-electron chi connectivity index (χ0n) is 16.6. The molecule has 0 unspecified atom stereocenters. The first-order chi connectivity index (χ1) is 15.3. The highest BCUT2D eigenvalue weighted by molar-refractivity contribution is 6.52. The van der Waals surface area contributed by atoms with Crippen LogP contribution in [-0.2, 0) is 9.59 Å². The van der Waals surface area contributed by atoms with Crippen molar-refractivity contribution in [1.29, 1.82) is 0 Å². The fraction of sp³-hybridized carbons (Fsp3) is 0.250. The van der Waals surface area contributed by atoms with E-state index < -0.39 is 57.4 Å². The fourth-order valence-corrected chi connectivity index (χ4v) is 3.61. The normalized spacial score (nSPS) is 16.3. The van der Waals surface area contributed by atoms with E-state index in [-0.39, 0.29) is 27.6 Å². The Bertz CT molecular complexity index is 1150. The lowest BCUT2D eigenvalue weighted by molar-refractivity contribution is -0.128. The molecule has 2 aromatic rings. The zero-order valence-corrected chi connectivity index (χ0v) is 18.8. The van der Waals surface area contributed by atoms with Crippen LogP contribution in [0.1, 0.15) is 16.8 Å². The van der Waals surface area contributed by atoms with Gasteiger partial charge in [-0.15, -0.1) is 23.2 Å². The van der Waals surface area contributed by atoms with Gasteiger partial charge in [-0.3, -0.25) is 14.4 Å². The highest BCUT2D eigenvalue weighted by Gasteiger charge is 2.56. The molecule has 33 heavy (non-hydrogen) atoms. The lowest BCUT2D eigenvalue weighted by atomic mass is 10.1. The van der Waals surface area contributed by atoms with Crippen molar-refractivity contribution in [3.05, 3.63) is 52.6 Å². The van der Waals surface area contributed by atoms with Gasteiger partial charge in [0.2, 0.25) is 5.91 Å². The molecule has 0 aromatic heterocycles. The van der Waals surface area contributed by atoms with Crippen LogP contribution in [0.25, 0.3) is 0 Å². The maximum absolute atomic E-state index is 14.8. The summed E-state index contributed by atoms with van der Waals surface area (Å²) in [5.41, 5.74) is -1.67. The van der Waals surface area contributed by atoms with Gasteiger partial charge < -0.3 is 15.5 Å². The van der Waals surface area contributed by atoms with Crippen molar-refractivity contribution < 1.29 is 31.9 Å². The SMILES string of the molecule is CN(C(=O)C(F)F)c1c(F)ccc(NC(=O)c2cc(NC(=O)[C@H]3CC3(Cl)Cl)ccc2Cl)c1F. The molecule has 2 N–H and O–H groups in total. The molecule has 1 fully saturated rings. The number of amides is 3. The van der Waals surface area contributed by atoms with E-state index in [1.165, 1.54) is 18.2 Å². The van der Waals surface area contributed by atoms with E-state index in [1.807, 2.05) is 0 Å². The van der Waals surface area contributed by atoms with E-state index in [2.05, 4.69) is 10.6 Å². The molecule has 3 amide bonds. The van der Waals surface area contributed by atoms with Gasteiger partial charge in [0.1, 0.15) is 15.8 Å². The van der Waals surface area contributed by atoms with E-state index in [4.69, 9.17) is 34.8 Å². The Morgan fingerprint density at radius 3 is 2.33 bits per heavy atom. The minimum absolute atomic E-state index is 0.0614. The molecule has 0 spiro atoms. The molecule has 0 bridgehead atoms. The second-order valence-electron chi connectivity index (χ2n) is 7.11. The van der Waals surface area contributed by atoms with Crippen molar-refractivity contribution in [2.24, 2.45) is 5.92 Å². The first kappa shape index (κ1) is 25.1. The lowest BCUT2D eigenvalue weighted by Gasteiger charge is -2.20. The number of benzene rings is 2. The first-order valence-electron chi connectivity index (χ1n) is 9.16. The van der Waals surface area contributed by atoms with Crippen LogP contribution >= 0.6 is 34.8 Å². The first-order valence-corrected chi connectivity index (χ1v) is 10.3. The Labute approximate surface area is 199 Å². The number of carbonyl (C=O) groups is 3. The second kappa shape index (κ2) is 9.36. The molecule has 0 radical (unpaired) electrons. The molecule has 0 saturated heterocycles. The molecule has 6 nitrogen and oxygen atoms in total. The molecule has 3 rings (SSSR count). The van der Waals surface area contributed by atoms with Gasteiger partial charge >= 0.3 is 6.43 Å². The van der Waals surface area contributed by atoms with Crippen molar-refractivity contribution >= 4 is 69.6 Å². The summed E-state index contributed by atoms with van der Waals surface area (Å²) in [5, 5.41) is 4.61. The van der Waals surface area contributed by atoms with Gasteiger partial charge in [0.25, 0.3) is 11.8 Å². The number of nitrogens with one attached hydrogen (secondary N) is 2. The summed E-state index contributed by atoms with van der Waals surface area (Å²) < 4.78 is 53.0. The van der Waals surface area contributed by atoms with Crippen molar-refractivity contribution in [2.45, 2.75) is 17.2 Å². The van der Waals surface area contributed by atoms with Crippen LogP contribution in [-0.4, -0.2) is 35.5 Å². The number of halogens is 7. The molecule has 1 aliphatic rings. The Morgan fingerprint density at radius 1 is 1.12 bits per heavy atom. The highest BCUT2D eigenvalue weighted by Crippen LogP contribution is 2.53. The van der Waals surface area contributed by atoms with Crippen molar-refractivity contribution in [1.82, 2.24) is 0 Å². The van der Waals surface area contributed by atoms with Crippen LogP contribution in [0, 0.1) is 17.6 Å². The summed E-state index contributed by atoms with van der Waals surface area (Å²) in [5.74, 6) is -6.64. The van der Waals surface area contributed by atoms with Crippen LogP contribution < -0.4 is 15.5 Å². The van der Waals surface area contributed by atoms with Gasteiger partial charge in [0.05, 0.1) is 22.2 Å². The third kappa shape index (κ3) is 5.34. The summed E-state index contributed by atoms with van der Waals surface area (Å²) in [6, 6.07) is 5.46. The van der Waals surface area contributed by atoms with E-state index in [0.717, 1.165) is 13.1 Å². The highest BCUT2D eigenvalue weighted by atomic mass is 35.5. The molecular formula is C20H14Cl3F4N3O3. The second-order valence-corrected chi connectivity index (χ2v) is 9.06. The van der Waals surface area contributed by atoms with Crippen molar-refractivity contribution in [3.63, 3.8) is 0 Å². The van der Waals surface area contributed by atoms with E-state index in [9.17, 15) is 31.9 Å².